The summed E-state index contributed by atoms with van der Waals surface area (Å²) in [4.78, 5) is 15.7. The van der Waals surface area contributed by atoms with E-state index in [0.29, 0.717) is 10.6 Å². The molecular formula is C11H7Cl2NO2. The number of hydrogen-bond donors (Lipinski definition) is 0. The molecule has 0 radical (unpaired) electrons. The molecule has 0 aliphatic carbocycles. The number of carbonyl (C=O) groups is 1. The molecule has 0 aliphatic rings. The van der Waals surface area contributed by atoms with Crippen LogP contribution in [0.25, 0.3) is 0 Å². The van der Waals surface area contributed by atoms with Crippen molar-refractivity contribution in [2.45, 2.75) is 5.38 Å². The van der Waals surface area contributed by atoms with Crippen LogP contribution in [0.2, 0.25) is 5.02 Å². The van der Waals surface area contributed by atoms with E-state index in [1.54, 1.807) is 24.3 Å². The van der Waals surface area contributed by atoms with Gasteiger partial charge in [-0.25, -0.2) is 4.98 Å². The molecule has 1 heterocycles. The Hall–Kier alpha value is -1.32. The number of benzene rings is 1. The van der Waals surface area contributed by atoms with Crippen LogP contribution in [0.15, 0.2) is 41.1 Å². The fourth-order valence-corrected chi connectivity index (χ4v) is 1.59. The Morgan fingerprint density at radius 1 is 1.31 bits per heavy atom. The Balaban J connectivity index is 2.22. The van der Waals surface area contributed by atoms with Crippen LogP contribution >= 0.6 is 23.2 Å². The number of Topliss-reactive ketones (excluding diaryl/α,β-unsaturated/α-hetero) is 1. The summed E-state index contributed by atoms with van der Waals surface area (Å²) in [5.41, 5.74) is 0.475. The molecule has 2 rings (SSSR count). The van der Waals surface area contributed by atoms with Crippen LogP contribution in [0.1, 0.15) is 21.6 Å². The number of rotatable bonds is 3. The second kappa shape index (κ2) is 4.68. The summed E-state index contributed by atoms with van der Waals surface area (Å²) in [7, 11) is 0. The van der Waals surface area contributed by atoms with Crippen LogP contribution in [-0.2, 0) is 0 Å². The summed E-state index contributed by atoms with van der Waals surface area (Å²) in [5, 5.41) is -0.338. The van der Waals surface area contributed by atoms with E-state index in [4.69, 9.17) is 27.6 Å². The predicted molar refractivity (Wildman–Crippen MR) is 60.9 cm³/mol. The topological polar surface area (TPSA) is 43.1 Å². The van der Waals surface area contributed by atoms with Crippen LogP contribution in [0, 0.1) is 0 Å². The van der Waals surface area contributed by atoms with Gasteiger partial charge in [-0.1, -0.05) is 11.6 Å². The van der Waals surface area contributed by atoms with E-state index in [1.165, 1.54) is 12.5 Å². The lowest BCUT2D eigenvalue weighted by atomic mass is 10.1. The lowest BCUT2D eigenvalue weighted by molar-refractivity contribution is 0.0979. The first-order chi connectivity index (χ1) is 7.68. The van der Waals surface area contributed by atoms with E-state index >= 15 is 0 Å². The molecule has 3 nitrogen and oxygen atoms in total. The molecule has 0 saturated heterocycles. The smallest absolute Gasteiger partial charge is 0.220 e. The quantitative estimate of drug-likeness (QED) is 0.623. The average Bonchev–Trinajstić information content (AvgIpc) is 2.81. The summed E-state index contributed by atoms with van der Waals surface area (Å²) in [6, 6.07) is 6.49. The highest BCUT2D eigenvalue weighted by Crippen LogP contribution is 2.24. The minimum Gasteiger partial charge on any atom is -0.447 e. The molecule has 1 aromatic carbocycles. The number of aromatic nitrogens is 1. The van der Waals surface area contributed by atoms with Gasteiger partial charge >= 0.3 is 0 Å². The van der Waals surface area contributed by atoms with Crippen LogP contribution in [0.5, 0.6) is 0 Å². The lowest BCUT2D eigenvalue weighted by Gasteiger charge is -2.04. The van der Waals surface area contributed by atoms with Crippen LogP contribution in [0.4, 0.5) is 0 Å². The Morgan fingerprint density at radius 2 is 2.00 bits per heavy atom. The van der Waals surface area contributed by atoms with Crippen molar-refractivity contribution in [2.24, 2.45) is 0 Å². The molecular weight excluding hydrogens is 249 g/mol. The van der Waals surface area contributed by atoms with Gasteiger partial charge < -0.3 is 4.42 Å². The van der Waals surface area contributed by atoms with E-state index in [2.05, 4.69) is 4.98 Å². The summed E-state index contributed by atoms with van der Waals surface area (Å²) < 4.78 is 4.97. The number of ketones is 1. The highest BCUT2D eigenvalue weighted by Gasteiger charge is 2.23. The van der Waals surface area contributed by atoms with Gasteiger partial charge in [0.25, 0.3) is 0 Å². The van der Waals surface area contributed by atoms with Gasteiger partial charge in [0.05, 0.1) is 6.20 Å². The monoisotopic (exact) mass is 255 g/mol. The molecule has 5 heteroatoms. The SMILES string of the molecule is O=C(c1ccc(Cl)cc1)C(Cl)c1ncco1. The first kappa shape index (κ1) is 11.2. The number of halogens is 2. The first-order valence-corrected chi connectivity index (χ1v) is 5.33. The molecule has 0 bridgehead atoms. The highest BCUT2D eigenvalue weighted by molar-refractivity contribution is 6.34. The Labute approximate surface area is 102 Å². The third-order valence-corrected chi connectivity index (χ3v) is 2.66. The standard InChI is InChI=1S/C11H7Cl2NO2/c12-8-3-1-7(2-4-8)10(15)9(13)11-14-5-6-16-11/h1-6,9H. The summed E-state index contributed by atoms with van der Waals surface area (Å²) >= 11 is 11.7. The minimum atomic E-state index is -0.906. The molecule has 2 aromatic rings. The molecule has 1 atom stereocenters. The summed E-state index contributed by atoms with van der Waals surface area (Å²) in [6.45, 7) is 0. The molecule has 0 spiro atoms. The van der Waals surface area contributed by atoms with Gasteiger partial charge in [-0.3, -0.25) is 4.79 Å². The minimum absolute atomic E-state index is 0.196. The number of alkyl halides is 1. The molecule has 0 N–H and O–H groups in total. The molecule has 1 unspecified atom stereocenters. The lowest BCUT2D eigenvalue weighted by Crippen LogP contribution is -2.07. The summed E-state index contributed by atoms with van der Waals surface area (Å²) in [6.07, 6.45) is 2.82. The van der Waals surface area contributed by atoms with Gasteiger partial charge in [0.1, 0.15) is 6.26 Å². The van der Waals surface area contributed by atoms with Crippen molar-refractivity contribution in [3.63, 3.8) is 0 Å². The zero-order valence-electron chi connectivity index (χ0n) is 8.06. The Bertz CT molecular complexity index is 479. The third kappa shape index (κ3) is 2.26. The molecule has 0 amide bonds. The average molecular weight is 256 g/mol. The van der Waals surface area contributed by atoms with E-state index in [1.807, 2.05) is 0 Å². The van der Waals surface area contributed by atoms with E-state index in [9.17, 15) is 4.79 Å². The summed E-state index contributed by atoms with van der Waals surface area (Å²) in [5.74, 6) is -0.0672. The van der Waals surface area contributed by atoms with Crippen LogP contribution in [-0.4, -0.2) is 10.8 Å². The largest absolute Gasteiger partial charge is 0.447 e. The molecule has 82 valence electrons. The van der Waals surface area contributed by atoms with Gasteiger partial charge in [0.2, 0.25) is 5.89 Å². The fraction of sp³-hybridized carbons (Fsp3) is 0.0909. The van der Waals surface area contributed by atoms with Crippen molar-refractivity contribution >= 4 is 29.0 Å². The third-order valence-electron chi connectivity index (χ3n) is 2.03. The second-order valence-corrected chi connectivity index (χ2v) is 3.98. The first-order valence-electron chi connectivity index (χ1n) is 4.52. The normalized spacial score (nSPS) is 12.4. The Kier molecular flexibility index (Phi) is 3.27. The van der Waals surface area contributed by atoms with Crippen molar-refractivity contribution in [3.8, 4) is 0 Å². The zero-order chi connectivity index (χ0) is 11.5. The van der Waals surface area contributed by atoms with Crippen molar-refractivity contribution in [1.29, 1.82) is 0 Å². The van der Waals surface area contributed by atoms with E-state index in [0.717, 1.165) is 0 Å². The van der Waals surface area contributed by atoms with Gasteiger partial charge in [0, 0.05) is 10.6 Å². The fourth-order valence-electron chi connectivity index (χ4n) is 1.23. The van der Waals surface area contributed by atoms with E-state index in [-0.39, 0.29) is 11.7 Å². The number of nitrogens with zero attached hydrogens (tertiary/aromatic N) is 1. The highest BCUT2D eigenvalue weighted by atomic mass is 35.5. The zero-order valence-corrected chi connectivity index (χ0v) is 9.57. The molecule has 1 aromatic heterocycles. The van der Waals surface area contributed by atoms with Crippen molar-refractivity contribution in [1.82, 2.24) is 4.98 Å². The Morgan fingerprint density at radius 3 is 2.56 bits per heavy atom. The van der Waals surface area contributed by atoms with Gasteiger partial charge in [0.15, 0.2) is 11.2 Å². The maximum atomic E-state index is 11.9. The number of hydrogen-bond acceptors (Lipinski definition) is 3. The predicted octanol–water partition coefficient (Wildman–Crippen LogP) is 3.49. The molecule has 16 heavy (non-hydrogen) atoms. The molecule has 0 saturated carbocycles. The van der Waals surface area contributed by atoms with Gasteiger partial charge in [-0.05, 0) is 24.3 Å². The molecule has 0 fully saturated rings. The maximum absolute atomic E-state index is 11.9. The van der Waals surface area contributed by atoms with Crippen molar-refractivity contribution in [2.75, 3.05) is 0 Å². The van der Waals surface area contributed by atoms with E-state index < -0.39 is 5.38 Å². The maximum Gasteiger partial charge on any atom is 0.220 e. The number of carbonyl (C=O) groups excluding carboxylic acids is 1. The molecule has 0 aliphatic heterocycles. The van der Waals surface area contributed by atoms with Crippen LogP contribution < -0.4 is 0 Å². The van der Waals surface area contributed by atoms with Crippen molar-refractivity contribution < 1.29 is 9.21 Å². The second-order valence-electron chi connectivity index (χ2n) is 3.10. The van der Waals surface area contributed by atoms with Crippen molar-refractivity contribution in [3.05, 3.63) is 53.2 Å². The van der Waals surface area contributed by atoms with Gasteiger partial charge in [-0.2, -0.15) is 0 Å². The van der Waals surface area contributed by atoms with Gasteiger partial charge in [-0.15, -0.1) is 11.6 Å². The number of oxazole rings is 1. The van der Waals surface area contributed by atoms with Crippen LogP contribution in [0.3, 0.4) is 0 Å².